The van der Waals surface area contributed by atoms with Gasteiger partial charge in [-0.15, -0.1) is 0 Å². The molecule has 0 aromatic carbocycles. The fraction of sp³-hybridized carbons (Fsp3) is 0.667. The highest BCUT2D eigenvalue weighted by Crippen LogP contribution is 2.09. The Morgan fingerprint density at radius 3 is 2.33 bits per heavy atom. The second kappa shape index (κ2) is 3.77. The molecule has 6 heteroatoms. The van der Waals surface area contributed by atoms with Gasteiger partial charge >= 0.3 is 5.97 Å². The Labute approximate surface area is 75.7 Å². The first-order valence-corrected chi connectivity index (χ1v) is 3.77. The third kappa shape index (κ3) is 2.71. The SMILES string of the molecule is CC(=O)NC(S)C(C)(N)C(=O)O. The molecular formula is C6H12N2O3S. The number of rotatable bonds is 3. The zero-order valence-electron chi connectivity index (χ0n) is 6.87. The number of nitrogens with two attached hydrogens (primary N) is 1. The van der Waals surface area contributed by atoms with Crippen molar-refractivity contribution in [2.24, 2.45) is 5.73 Å². The van der Waals surface area contributed by atoms with Crippen LogP contribution in [0.5, 0.6) is 0 Å². The van der Waals surface area contributed by atoms with Gasteiger partial charge in [-0.05, 0) is 6.92 Å². The molecule has 0 saturated heterocycles. The van der Waals surface area contributed by atoms with E-state index in [4.69, 9.17) is 10.8 Å². The molecule has 12 heavy (non-hydrogen) atoms. The van der Waals surface area contributed by atoms with E-state index < -0.39 is 16.9 Å². The summed E-state index contributed by atoms with van der Waals surface area (Å²) in [5, 5.41) is 9.99. The van der Waals surface area contributed by atoms with Crippen molar-refractivity contribution in [3.63, 3.8) is 0 Å². The lowest BCUT2D eigenvalue weighted by Gasteiger charge is -2.26. The largest absolute Gasteiger partial charge is 0.480 e. The van der Waals surface area contributed by atoms with E-state index in [1.165, 1.54) is 13.8 Å². The van der Waals surface area contributed by atoms with Crippen LogP contribution in [0.25, 0.3) is 0 Å². The Kier molecular flexibility index (Phi) is 3.54. The minimum atomic E-state index is -1.56. The molecule has 5 nitrogen and oxygen atoms in total. The molecule has 0 aliphatic carbocycles. The summed E-state index contributed by atoms with van der Waals surface area (Å²) < 4.78 is 0. The number of carbonyl (C=O) groups is 2. The van der Waals surface area contributed by atoms with Crippen LogP contribution in [0.1, 0.15) is 13.8 Å². The lowest BCUT2D eigenvalue weighted by molar-refractivity contribution is -0.143. The second-order valence-corrected chi connectivity index (χ2v) is 3.21. The number of carboxylic acids is 1. The van der Waals surface area contributed by atoms with E-state index in [0.717, 1.165) is 0 Å². The summed E-state index contributed by atoms with van der Waals surface area (Å²) in [4.78, 5) is 21.0. The lowest BCUT2D eigenvalue weighted by atomic mass is 10.0. The highest BCUT2D eigenvalue weighted by Gasteiger charge is 2.35. The van der Waals surface area contributed by atoms with Crippen LogP contribution in [0.4, 0.5) is 0 Å². The van der Waals surface area contributed by atoms with E-state index in [0.29, 0.717) is 0 Å². The Morgan fingerprint density at radius 2 is 2.08 bits per heavy atom. The predicted molar refractivity (Wildman–Crippen MR) is 46.8 cm³/mol. The van der Waals surface area contributed by atoms with Gasteiger partial charge < -0.3 is 16.2 Å². The van der Waals surface area contributed by atoms with Crippen LogP contribution >= 0.6 is 12.6 Å². The molecule has 0 bridgehead atoms. The monoisotopic (exact) mass is 192 g/mol. The first kappa shape index (κ1) is 11.2. The molecule has 0 spiro atoms. The van der Waals surface area contributed by atoms with E-state index in [2.05, 4.69) is 17.9 Å². The smallest absolute Gasteiger partial charge is 0.326 e. The standard InChI is InChI=1S/C6H12N2O3S/c1-3(9)8-4(12)6(2,7)5(10)11/h4,12H,7H2,1-2H3,(H,8,9)(H,10,11). The van der Waals surface area contributed by atoms with Gasteiger partial charge in [0.2, 0.25) is 5.91 Å². The summed E-state index contributed by atoms with van der Waals surface area (Å²) >= 11 is 3.85. The normalized spacial score (nSPS) is 17.7. The Morgan fingerprint density at radius 1 is 1.67 bits per heavy atom. The van der Waals surface area contributed by atoms with Crippen molar-refractivity contribution in [3.8, 4) is 0 Å². The molecule has 0 rings (SSSR count). The van der Waals surface area contributed by atoms with Gasteiger partial charge in [0.25, 0.3) is 0 Å². The van der Waals surface area contributed by atoms with Crippen LogP contribution in [0.15, 0.2) is 0 Å². The molecule has 0 radical (unpaired) electrons. The van der Waals surface area contributed by atoms with Crippen molar-refractivity contribution >= 4 is 24.5 Å². The van der Waals surface area contributed by atoms with Crippen molar-refractivity contribution in [2.45, 2.75) is 24.8 Å². The molecule has 1 amide bonds. The van der Waals surface area contributed by atoms with Gasteiger partial charge in [-0.2, -0.15) is 12.6 Å². The predicted octanol–water partition coefficient (Wildman–Crippen LogP) is -0.820. The first-order valence-electron chi connectivity index (χ1n) is 3.26. The summed E-state index contributed by atoms with van der Waals surface area (Å²) in [5.74, 6) is -1.58. The number of amides is 1. The number of aliphatic carboxylic acids is 1. The molecule has 0 aliphatic rings. The molecule has 0 aromatic rings. The number of nitrogens with one attached hydrogen (secondary N) is 1. The van der Waals surface area contributed by atoms with Crippen LogP contribution in [-0.4, -0.2) is 27.9 Å². The van der Waals surface area contributed by atoms with Gasteiger partial charge in [-0.1, -0.05) is 0 Å². The average molecular weight is 192 g/mol. The van der Waals surface area contributed by atoms with E-state index in [-0.39, 0.29) is 5.91 Å². The highest BCUT2D eigenvalue weighted by molar-refractivity contribution is 7.81. The molecule has 0 saturated carbocycles. The fourth-order valence-electron chi connectivity index (χ4n) is 0.459. The van der Waals surface area contributed by atoms with Crippen LogP contribution in [0, 0.1) is 0 Å². The Hall–Kier alpha value is -0.750. The number of carboxylic acid groups (broad SMARTS) is 1. The number of hydrogen-bond donors (Lipinski definition) is 4. The van der Waals surface area contributed by atoms with Crippen LogP contribution < -0.4 is 11.1 Å². The Bertz CT molecular complexity index is 205. The third-order valence-corrected chi connectivity index (χ3v) is 2.03. The summed E-state index contributed by atoms with van der Waals surface area (Å²) in [6, 6.07) is 0. The topological polar surface area (TPSA) is 92.4 Å². The summed E-state index contributed by atoms with van der Waals surface area (Å²) in [6.45, 7) is 2.55. The van der Waals surface area contributed by atoms with Crippen LogP contribution in [0.2, 0.25) is 0 Å². The van der Waals surface area contributed by atoms with Crippen LogP contribution in [-0.2, 0) is 9.59 Å². The van der Waals surface area contributed by atoms with Gasteiger partial charge in [-0.3, -0.25) is 9.59 Å². The number of thiol groups is 1. The van der Waals surface area contributed by atoms with Crippen molar-refractivity contribution in [1.82, 2.24) is 5.32 Å². The molecule has 70 valence electrons. The van der Waals surface area contributed by atoms with Gasteiger partial charge in [-0.25, -0.2) is 0 Å². The molecule has 2 atom stereocenters. The zero-order valence-corrected chi connectivity index (χ0v) is 7.76. The van der Waals surface area contributed by atoms with Crippen molar-refractivity contribution in [2.75, 3.05) is 0 Å². The van der Waals surface area contributed by atoms with E-state index in [1.807, 2.05) is 0 Å². The summed E-state index contributed by atoms with van der Waals surface area (Å²) in [6.07, 6.45) is 0. The zero-order chi connectivity index (χ0) is 9.94. The number of hydrogen-bond acceptors (Lipinski definition) is 4. The summed E-state index contributed by atoms with van der Waals surface area (Å²) in [5.41, 5.74) is 3.80. The van der Waals surface area contributed by atoms with Crippen LogP contribution in [0.3, 0.4) is 0 Å². The number of carbonyl (C=O) groups excluding carboxylic acids is 1. The van der Waals surface area contributed by atoms with Gasteiger partial charge in [0.1, 0.15) is 10.9 Å². The lowest BCUT2D eigenvalue weighted by Crippen LogP contribution is -2.58. The maximum atomic E-state index is 10.5. The molecule has 0 aliphatic heterocycles. The average Bonchev–Trinajstić information content (AvgIpc) is 1.85. The molecule has 0 heterocycles. The van der Waals surface area contributed by atoms with Crippen molar-refractivity contribution in [3.05, 3.63) is 0 Å². The fourth-order valence-corrected chi connectivity index (χ4v) is 0.752. The molecule has 0 fully saturated rings. The maximum Gasteiger partial charge on any atom is 0.326 e. The van der Waals surface area contributed by atoms with Gasteiger partial charge in [0, 0.05) is 6.92 Å². The first-order chi connectivity index (χ1) is 5.28. The van der Waals surface area contributed by atoms with Gasteiger partial charge in [0.15, 0.2) is 0 Å². The summed E-state index contributed by atoms with van der Waals surface area (Å²) in [7, 11) is 0. The van der Waals surface area contributed by atoms with E-state index >= 15 is 0 Å². The molecular weight excluding hydrogens is 180 g/mol. The Balaban J connectivity index is 4.35. The van der Waals surface area contributed by atoms with Gasteiger partial charge in [0.05, 0.1) is 0 Å². The quantitative estimate of drug-likeness (QED) is 0.347. The maximum absolute atomic E-state index is 10.5. The minimum Gasteiger partial charge on any atom is -0.480 e. The van der Waals surface area contributed by atoms with Crippen molar-refractivity contribution < 1.29 is 14.7 Å². The second-order valence-electron chi connectivity index (χ2n) is 2.69. The molecule has 4 N–H and O–H groups in total. The van der Waals surface area contributed by atoms with E-state index in [1.54, 1.807) is 0 Å². The molecule has 2 unspecified atom stereocenters. The highest BCUT2D eigenvalue weighted by atomic mass is 32.1. The third-order valence-electron chi connectivity index (χ3n) is 1.37. The van der Waals surface area contributed by atoms with Crippen molar-refractivity contribution in [1.29, 1.82) is 0 Å². The minimum absolute atomic E-state index is 0.368. The molecule has 0 aromatic heterocycles. The van der Waals surface area contributed by atoms with E-state index in [9.17, 15) is 9.59 Å².